The van der Waals surface area contributed by atoms with Gasteiger partial charge in [0, 0.05) is 22.3 Å². The van der Waals surface area contributed by atoms with Gasteiger partial charge in [-0.2, -0.15) is 8.42 Å². The zero-order chi connectivity index (χ0) is 44.6. The summed E-state index contributed by atoms with van der Waals surface area (Å²) in [4.78, 5) is 44.4. The number of hydrogen-bond donors (Lipinski definition) is 3. The molecule has 0 radical (unpaired) electrons. The van der Waals surface area contributed by atoms with Crippen molar-refractivity contribution in [3.63, 3.8) is 0 Å². The van der Waals surface area contributed by atoms with E-state index in [0.717, 1.165) is 37.0 Å². The monoisotopic (exact) mass is 934 g/mol. The summed E-state index contributed by atoms with van der Waals surface area (Å²) in [5, 5.41) is 16.9. The van der Waals surface area contributed by atoms with E-state index in [-0.39, 0.29) is 134 Å². The number of ether oxygens (including phenoxy) is 2. The second-order valence-corrected chi connectivity index (χ2v) is 14.2. The molecular formula is C41H73FK2O13S2. The minimum absolute atomic E-state index is 0. The van der Waals surface area contributed by atoms with Crippen molar-refractivity contribution in [1.29, 1.82) is 0 Å². The molecule has 13 nitrogen and oxygen atoms in total. The van der Waals surface area contributed by atoms with Crippen LogP contribution in [0.2, 0.25) is 0 Å². The van der Waals surface area contributed by atoms with Gasteiger partial charge >= 0.3 is 131 Å². The Balaban J connectivity index is -0.000000101. The molecule has 0 heterocycles. The zero-order valence-corrected chi connectivity index (χ0v) is 45.2. The number of methoxy groups -OCH3 is 2. The fourth-order valence-corrected chi connectivity index (χ4v) is 5.50. The van der Waals surface area contributed by atoms with E-state index in [4.69, 9.17) is 37.4 Å². The Morgan fingerprint density at radius 3 is 1.51 bits per heavy atom. The molecule has 336 valence electrons. The number of carboxylic acids is 1. The molecule has 0 aliphatic carbocycles. The number of carbonyl (C=O) groups is 4. The first kappa shape index (κ1) is 73.4. The maximum Gasteiger partial charge on any atom is 1.00 e. The zero-order valence-electron chi connectivity index (χ0n) is 38.3. The van der Waals surface area contributed by atoms with Crippen molar-refractivity contribution >= 4 is 46.5 Å². The number of hydrogen-bond acceptors (Lipinski definition) is 11. The minimum atomic E-state index is -4.67. The molecule has 1 unspecified atom stereocenters. The maximum atomic E-state index is 12.9. The number of rotatable bonds is 25. The van der Waals surface area contributed by atoms with Crippen molar-refractivity contribution in [2.24, 2.45) is 0 Å². The van der Waals surface area contributed by atoms with Gasteiger partial charge in [-0.15, -0.1) is 11.8 Å². The second kappa shape index (κ2) is 60.1. The average Bonchev–Trinajstić information content (AvgIpc) is 3.18. The van der Waals surface area contributed by atoms with Gasteiger partial charge in [0.05, 0.1) is 20.6 Å². The van der Waals surface area contributed by atoms with Gasteiger partial charge in [-0.1, -0.05) is 130 Å². The molecule has 0 amide bonds. The molecule has 0 aliphatic rings. The molecule has 0 aromatic heterocycles. The van der Waals surface area contributed by atoms with Crippen LogP contribution in [0.25, 0.3) is 0 Å². The Hall–Kier alpha value is -0.0373. The molecule has 0 bridgehead atoms. The van der Waals surface area contributed by atoms with Crippen LogP contribution in [0, 0.1) is 5.82 Å². The van der Waals surface area contributed by atoms with Gasteiger partial charge in [0.2, 0.25) is 0 Å². The Morgan fingerprint density at radius 1 is 0.763 bits per heavy atom. The SMILES string of the molecule is CC.CCCCCCC/C=C/C(=O)O.CCCCCCC/C=C/C(=O)OC.CCCCCCCC(CC(=O)OC)Sc1ccc(F)cc1.O=CO[O-].O=S(=O)(O)O.[H-].[K+].[K+]. The number of halogens is 1. The molecule has 18 heteroatoms. The van der Waals surface area contributed by atoms with Crippen LogP contribution in [0.15, 0.2) is 53.5 Å². The van der Waals surface area contributed by atoms with Crippen molar-refractivity contribution in [2.45, 2.75) is 167 Å². The third-order valence-electron chi connectivity index (χ3n) is 7.07. The van der Waals surface area contributed by atoms with Crippen molar-refractivity contribution < 1.29 is 170 Å². The summed E-state index contributed by atoms with van der Waals surface area (Å²) in [5.74, 6) is -1.51. The third kappa shape index (κ3) is 78.9. The standard InChI is InChI=1S/C17H25FO2S.C11H20O2.C10H18O2.C2H6.CH2O3.2K.H2O4S.H/c1-3-4-5-6-7-8-16(13-17(19)20-2)21-15-11-9-14(18)10-12-15;1-3-4-5-6-7-8-9-10-11(12)13-2;1-2-3-4-5-6-7-8-9-10(11)12;1-2;2-1-4-3;;;1-5(2,3)4;/h9-12,16H,3-8,13H2,1-2H3;9-10H,3-8H2,1-2H3;8-9H,2-7H2,1H3,(H,11,12);1-2H3;1,3H;;;(H2,1,2,3,4);/q;;;;;2*+1;;-1/p-1/b;10-9+;9-8+;;;;;;. The summed E-state index contributed by atoms with van der Waals surface area (Å²) >= 11 is 1.64. The summed E-state index contributed by atoms with van der Waals surface area (Å²) in [6.07, 6.45) is 28.2. The van der Waals surface area contributed by atoms with E-state index in [1.54, 1.807) is 30.0 Å². The Morgan fingerprint density at radius 2 is 1.15 bits per heavy atom. The van der Waals surface area contributed by atoms with Gasteiger partial charge in [0.1, 0.15) is 5.82 Å². The molecular weight excluding hydrogens is 862 g/mol. The predicted molar refractivity (Wildman–Crippen MR) is 225 cm³/mol. The maximum absolute atomic E-state index is 12.9. The van der Waals surface area contributed by atoms with Crippen LogP contribution >= 0.6 is 11.8 Å². The minimum Gasteiger partial charge on any atom is -1.00 e. The molecule has 1 aromatic carbocycles. The van der Waals surface area contributed by atoms with Crippen LogP contribution in [-0.2, 0) is 43.9 Å². The van der Waals surface area contributed by atoms with E-state index in [0.29, 0.717) is 6.42 Å². The van der Waals surface area contributed by atoms with Gasteiger partial charge in [0.15, 0.2) is 0 Å². The fourth-order valence-electron chi connectivity index (χ4n) is 4.32. The van der Waals surface area contributed by atoms with E-state index >= 15 is 0 Å². The largest absolute Gasteiger partial charge is 1.00 e. The van der Waals surface area contributed by atoms with Crippen LogP contribution in [-0.4, -0.2) is 66.5 Å². The van der Waals surface area contributed by atoms with Gasteiger partial charge in [-0.05, 0) is 56.4 Å². The number of benzene rings is 1. The smallest absolute Gasteiger partial charge is 1.00 e. The number of thioether (sulfide) groups is 1. The van der Waals surface area contributed by atoms with Gasteiger partial charge in [0.25, 0.3) is 6.47 Å². The first-order valence-corrected chi connectivity index (χ1v) is 22.0. The molecule has 0 aliphatic heterocycles. The van der Waals surface area contributed by atoms with Crippen LogP contribution in [0.5, 0.6) is 0 Å². The van der Waals surface area contributed by atoms with E-state index in [1.807, 2.05) is 19.9 Å². The van der Waals surface area contributed by atoms with E-state index < -0.39 is 16.4 Å². The van der Waals surface area contributed by atoms with Crippen LogP contribution in [0.3, 0.4) is 0 Å². The molecule has 1 aromatic rings. The van der Waals surface area contributed by atoms with Crippen LogP contribution in [0.4, 0.5) is 4.39 Å². The van der Waals surface area contributed by atoms with Crippen molar-refractivity contribution in [3.05, 3.63) is 54.4 Å². The Labute approximate surface area is 446 Å². The van der Waals surface area contributed by atoms with E-state index in [2.05, 4.69) is 30.4 Å². The van der Waals surface area contributed by atoms with E-state index in [9.17, 15) is 18.8 Å². The molecule has 1 rings (SSSR count). The molecule has 3 N–H and O–H groups in total. The molecule has 1 atom stereocenters. The summed E-state index contributed by atoms with van der Waals surface area (Å²) in [6, 6.07) is 6.44. The topological polar surface area (TPSA) is 214 Å². The Kier molecular flexibility index (Phi) is 74.7. The predicted octanol–water partition coefficient (Wildman–Crippen LogP) is 4.20. The number of carbonyl (C=O) groups excluding carboxylic acids is 3. The molecule has 0 saturated carbocycles. The van der Waals surface area contributed by atoms with Crippen LogP contribution in [0.1, 0.15) is 158 Å². The van der Waals surface area contributed by atoms with Crippen molar-refractivity contribution in [2.75, 3.05) is 14.2 Å². The first-order valence-electron chi connectivity index (χ1n) is 19.7. The number of carboxylic acid groups (broad SMARTS) is 1. The number of unbranched alkanes of at least 4 members (excludes halogenated alkanes) is 14. The average molecular weight is 935 g/mol. The first-order chi connectivity index (χ1) is 27.1. The summed E-state index contributed by atoms with van der Waals surface area (Å²) in [5.41, 5.74) is 0. The fraction of sp³-hybridized carbons (Fsp3) is 0.659. The molecule has 0 fully saturated rings. The number of aliphatic carboxylic acids is 1. The summed E-state index contributed by atoms with van der Waals surface area (Å²) in [6.45, 7) is 10.4. The van der Waals surface area contributed by atoms with Gasteiger partial charge < -0.3 is 26.2 Å². The molecule has 0 saturated heterocycles. The van der Waals surface area contributed by atoms with Gasteiger partial charge in [-0.25, -0.2) is 14.0 Å². The number of allylic oxidation sites excluding steroid dienone is 2. The second-order valence-electron chi connectivity index (χ2n) is 11.9. The van der Waals surface area contributed by atoms with Crippen molar-refractivity contribution in [1.82, 2.24) is 0 Å². The molecule has 0 spiro atoms. The summed E-state index contributed by atoms with van der Waals surface area (Å²) in [7, 11) is -1.85. The normalized spacial score (nSPS) is 10.3. The van der Waals surface area contributed by atoms with Crippen molar-refractivity contribution in [3.8, 4) is 0 Å². The Bertz CT molecular complexity index is 1220. The number of esters is 2. The quantitative estimate of drug-likeness (QED) is 0.0144. The van der Waals surface area contributed by atoms with Gasteiger partial charge in [-0.3, -0.25) is 18.7 Å². The summed E-state index contributed by atoms with van der Waals surface area (Å²) < 4.78 is 53.7. The third-order valence-corrected chi connectivity index (χ3v) is 8.35. The van der Waals surface area contributed by atoms with Crippen LogP contribution < -0.4 is 108 Å². The van der Waals surface area contributed by atoms with E-state index in [1.165, 1.54) is 122 Å². The molecule has 59 heavy (non-hydrogen) atoms.